The minimum Gasteiger partial charge on any atom is -0.495 e. The molecule has 9 heteroatoms. The van der Waals surface area contributed by atoms with Gasteiger partial charge in [-0.25, -0.2) is 4.68 Å². The zero-order valence-electron chi connectivity index (χ0n) is 14.0. The SMILES string of the molecule is COc1ccc(-c2ccc(C[NH2+]CCSc3nnnn3C)o2)cc1Cl. The fourth-order valence-electron chi connectivity index (χ4n) is 2.28. The lowest BCUT2D eigenvalue weighted by Crippen LogP contribution is -2.83. The summed E-state index contributed by atoms with van der Waals surface area (Å²) in [5.74, 6) is 3.30. The van der Waals surface area contributed by atoms with Gasteiger partial charge in [-0.3, -0.25) is 0 Å². The first-order valence-corrected chi connectivity index (χ1v) is 9.13. The fraction of sp³-hybridized carbons (Fsp3) is 0.312. The average molecular weight is 381 g/mol. The first kappa shape index (κ1) is 17.8. The van der Waals surface area contributed by atoms with Crippen molar-refractivity contribution in [2.75, 3.05) is 19.4 Å². The van der Waals surface area contributed by atoms with E-state index in [1.165, 1.54) is 0 Å². The summed E-state index contributed by atoms with van der Waals surface area (Å²) in [4.78, 5) is 0. The molecule has 0 amide bonds. The third kappa shape index (κ3) is 4.53. The third-order valence-electron chi connectivity index (χ3n) is 3.58. The van der Waals surface area contributed by atoms with E-state index in [1.807, 2.05) is 37.4 Å². The highest BCUT2D eigenvalue weighted by Gasteiger charge is 2.09. The van der Waals surface area contributed by atoms with Crippen molar-refractivity contribution in [2.24, 2.45) is 7.05 Å². The fourth-order valence-corrected chi connectivity index (χ4v) is 3.33. The maximum atomic E-state index is 6.17. The number of nitrogens with two attached hydrogens (primary N) is 1. The molecule has 0 unspecified atom stereocenters. The number of furan rings is 1. The van der Waals surface area contributed by atoms with E-state index in [0.29, 0.717) is 10.8 Å². The Morgan fingerprint density at radius 2 is 2.20 bits per heavy atom. The van der Waals surface area contributed by atoms with Gasteiger partial charge in [-0.15, -0.1) is 5.10 Å². The zero-order valence-corrected chi connectivity index (χ0v) is 15.5. The summed E-state index contributed by atoms with van der Waals surface area (Å²) in [5.41, 5.74) is 0.933. The first-order chi connectivity index (χ1) is 12.2. The van der Waals surface area contributed by atoms with Crippen LogP contribution >= 0.6 is 23.4 Å². The van der Waals surface area contributed by atoms with Crippen LogP contribution in [0.3, 0.4) is 0 Å². The van der Waals surface area contributed by atoms with Gasteiger partial charge in [0.15, 0.2) is 5.76 Å². The van der Waals surface area contributed by atoms with Crippen LogP contribution in [0.25, 0.3) is 11.3 Å². The molecular weight excluding hydrogens is 362 g/mol. The molecule has 0 saturated heterocycles. The Hall–Kier alpha value is -2.03. The van der Waals surface area contributed by atoms with E-state index in [4.69, 9.17) is 20.8 Å². The van der Waals surface area contributed by atoms with E-state index >= 15 is 0 Å². The number of quaternary nitrogens is 1. The van der Waals surface area contributed by atoms with E-state index < -0.39 is 0 Å². The Morgan fingerprint density at radius 1 is 1.32 bits per heavy atom. The molecule has 1 aromatic carbocycles. The molecule has 0 bridgehead atoms. The summed E-state index contributed by atoms with van der Waals surface area (Å²) in [5, 5.41) is 14.9. The lowest BCUT2D eigenvalue weighted by molar-refractivity contribution is -0.668. The van der Waals surface area contributed by atoms with Crippen molar-refractivity contribution in [1.82, 2.24) is 20.2 Å². The van der Waals surface area contributed by atoms with E-state index in [9.17, 15) is 0 Å². The molecule has 2 heterocycles. The second kappa shape index (κ2) is 8.37. The number of benzene rings is 1. The topological polar surface area (TPSA) is 82.6 Å². The number of hydrogen-bond acceptors (Lipinski definition) is 6. The first-order valence-electron chi connectivity index (χ1n) is 7.77. The molecule has 0 spiro atoms. The number of rotatable bonds is 8. The number of thioether (sulfide) groups is 1. The van der Waals surface area contributed by atoms with Gasteiger partial charge in [0.05, 0.1) is 24.4 Å². The van der Waals surface area contributed by atoms with Crippen LogP contribution in [0.1, 0.15) is 5.76 Å². The molecule has 0 atom stereocenters. The summed E-state index contributed by atoms with van der Waals surface area (Å²) >= 11 is 7.80. The Labute approximate surface area is 154 Å². The van der Waals surface area contributed by atoms with Gasteiger partial charge >= 0.3 is 0 Å². The normalized spacial score (nSPS) is 11.0. The van der Waals surface area contributed by atoms with Gasteiger partial charge in [-0.1, -0.05) is 23.4 Å². The van der Waals surface area contributed by atoms with Gasteiger partial charge < -0.3 is 14.5 Å². The van der Waals surface area contributed by atoms with Crippen LogP contribution in [-0.4, -0.2) is 39.6 Å². The summed E-state index contributed by atoms with van der Waals surface area (Å²) in [6, 6.07) is 9.57. The number of tetrazole rings is 1. The molecule has 25 heavy (non-hydrogen) atoms. The van der Waals surface area contributed by atoms with Crippen LogP contribution in [0.4, 0.5) is 0 Å². The predicted octanol–water partition coefficient (Wildman–Crippen LogP) is 1.99. The highest BCUT2D eigenvalue weighted by atomic mass is 35.5. The van der Waals surface area contributed by atoms with Crippen molar-refractivity contribution in [3.05, 3.63) is 41.1 Å². The number of aromatic nitrogens is 4. The molecule has 3 rings (SSSR count). The molecule has 132 valence electrons. The maximum Gasteiger partial charge on any atom is 0.209 e. The maximum absolute atomic E-state index is 6.17. The number of halogens is 1. The van der Waals surface area contributed by atoms with Crippen molar-refractivity contribution >= 4 is 23.4 Å². The molecule has 2 N–H and O–H groups in total. The van der Waals surface area contributed by atoms with E-state index in [-0.39, 0.29) is 0 Å². The standard InChI is InChI=1S/C16H18ClN5O2S/c1-22-16(19-20-21-22)25-8-7-18-10-12-4-6-14(24-12)11-3-5-15(23-2)13(17)9-11/h3-6,9,18H,7-8,10H2,1-2H3/p+1. The smallest absolute Gasteiger partial charge is 0.209 e. The molecule has 3 aromatic rings. The quantitative estimate of drug-likeness (QED) is 0.475. The van der Waals surface area contributed by atoms with Gasteiger partial charge in [0.2, 0.25) is 5.16 Å². The van der Waals surface area contributed by atoms with Crippen molar-refractivity contribution in [2.45, 2.75) is 11.7 Å². The van der Waals surface area contributed by atoms with Gasteiger partial charge in [-0.05, 0) is 40.8 Å². The van der Waals surface area contributed by atoms with Crippen molar-refractivity contribution in [1.29, 1.82) is 0 Å². The second-order valence-corrected chi connectivity index (χ2v) is 6.80. The van der Waals surface area contributed by atoms with Crippen molar-refractivity contribution in [3.8, 4) is 17.1 Å². The number of hydrogen-bond donors (Lipinski definition) is 1. The van der Waals surface area contributed by atoms with Crippen LogP contribution < -0.4 is 10.1 Å². The van der Waals surface area contributed by atoms with Gasteiger partial charge in [0.1, 0.15) is 18.1 Å². The molecule has 7 nitrogen and oxygen atoms in total. The third-order valence-corrected chi connectivity index (χ3v) is 4.92. The van der Waals surface area contributed by atoms with Crippen LogP contribution in [0.5, 0.6) is 5.75 Å². The predicted molar refractivity (Wildman–Crippen MR) is 95.7 cm³/mol. The van der Waals surface area contributed by atoms with E-state index in [0.717, 1.165) is 41.1 Å². The average Bonchev–Trinajstić information content (AvgIpc) is 3.24. The Balaban J connectivity index is 1.48. The highest BCUT2D eigenvalue weighted by molar-refractivity contribution is 7.99. The largest absolute Gasteiger partial charge is 0.495 e. The summed E-state index contributed by atoms with van der Waals surface area (Å²) in [6.45, 7) is 1.73. The van der Waals surface area contributed by atoms with E-state index in [2.05, 4.69) is 20.8 Å². The summed E-state index contributed by atoms with van der Waals surface area (Å²) < 4.78 is 12.7. The Morgan fingerprint density at radius 3 is 2.92 bits per heavy atom. The summed E-state index contributed by atoms with van der Waals surface area (Å²) in [6.07, 6.45) is 0. The highest BCUT2D eigenvalue weighted by Crippen LogP contribution is 2.30. The monoisotopic (exact) mass is 380 g/mol. The molecule has 0 aliphatic carbocycles. The molecular formula is C16H19ClN5O2S+. The molecule has 2 aromatic heterocycles. The number of methoxy groups -OCH3 is 1. The Kier molecular flexibility index (Phi) is 5.95. The van der Waals surface area contributed by atoms with E-state index in [1.54, 1.807) is 23.6 Å². The van der Waals surface area contributed by atoms with Gasteiger partial charge in [0, 0.05) is 12.6 Å². The second-order valence-electron chi connectivity index (χ2n) is 5.33. The molecule has 0 aliphatic rings. The lowest BCUT2D eigenvalue weighted by atomic mass is 10.2. The van der Waals surface area contributed by atoms with Crippen LogP contribution in [0, 0.1) is 0 Å². The minimum absolute atomic E-state index is 0.569. The molecule has 0 aliphatic heterocycles. The van der Waals surface area contributed by atoms with Crippen molar-refractivity contribution in [3.63, 3.8) is 0 Å². The zero-order chi connectivity index (χ0) is 17.6. The van der Waals surface area contributed by atoms with Crippen LogP contribution in [0.15, 0.2) is 39.9 Å². The number of nitrogens with zero attached hydrogens (tertiary/aromatic N) is 4. The lowest BCUT2D eigenvalue weighted by Gasteiger charge is -2.04. The van der Waals surface area contributed by atoms with Gasteiger partial charge in [0.25, 0.3) is 0 Å². The molecule has 0 saturated carbocycles. The minimum atomic E-state index is 0.569. The van der Waals surface area contributed by atoms with Crippen molar-refractivity contribution < 1.29 is 14.5 Å². The number of aryl methyl sites for hydroxylation is 1. The Bertz CT molecular complexity index is 836. The molecule has 0 fully saturated rings. The summed E-state index contributed by atoms with van der Waals surface area (Å²) in [7, 11) is 3.43. The van der Waals surface area contributed by atoms with Gasteiger partial charge in [-0.2, -0.15) is 0 Å². The number of ether oxygens (including phenoxy) is 1. The van der Waals surface area contributed by atoms with Crippen LogP contribution in [-0.2, 0) is 13.6 Å². The van der Waals surface area contributed by atoms with Crippen LogP contribution in [0.2, 0.25) is 5.02 Å². The molecule has 0 radical (unpaired) electrons.